The van der Waals surface area contributed by atoms with Gasteiger partial charge in [-0.2, -0.15) is 0 Å². The van der Waals surface area contributed by atoms with Crippen LogP contribution in [0, 0.1) is 5.92 Å². The average Bonchev–Trinajstić information content (AvgIpc) is 4.00. The zero-order chi connectivity index (χ0) is 34.3. The summed E-state index contributed by atoms with van der Waals surface area (Å²) >= 11 is 0. The molecule has 0 saturated heterocycles. The molecule has 0 unspecified atom stereocenters. The molecular weight excluding hydrogens is 679 g/mol. The number of allylic oxidation sites excluding steroid dienone is 1. The first kappa shape index (κ1) is 33.1. The molecule has 5 heteroatoms. The fourth-order valence-electron chi connectivity index (χ4n) is 7.23. The van der Waals surface area contributed by atoms with Gasteiger partial charge in [0.2, 0.25) is 0 Å². The minimum atomic E-state index is 0. The molecule has 5 heterocycles. The summed E-state index contributed by atoms with van der Waals surface area (Å²) in [6, 6.07) is 50.4. The number of hydrogen-bond acceptors (Lipinski definition) is 2. The third kappa shape index (κ3) is 5.93. The first-order valence-corrected chi connectivity index (χ1v) is 17.4. The van der Waals surface area contributed by atoms with Gasteiger partial charge in [-0.3, -0.25) is 0 Å². The van der Waals surface area contributed by atoms with Crippen LogP contribution in [0.5, 0.6) is 0 Å². The Bertz CT molecular complexity index is 2630. The van der Waals surface area contributed by atoms with E-state index in [0.717, 1.165) is 89.4 Å². The van der Waals surface area contributed by atoms with Gasteiger partial charge in [-0.25, -0.2) is 9.97 Å². The van der Waals surface area contributed by atoms with Gasteiger partial charge in [-0.1, -0.05) is 159 Å². The Labute approximate surface area is 313 Å². The van der Waals surface area contributed by atoms with Crippen LogP contribution in [0.1, 0.15) is 36.6 Å². The maximum Gasteiger partial charge on any atom is 2.00 e. The summed E-state index contributed by atoms with van der Waals surface area (Å²) in [6.07, 6.45) is 6.48. The van der Waals surface area contributed by atoms with Gasteiger partial charge in [0.1, 0.15) is 0 Å². The van der Waals surface area contributed by atoms with Gasteiger partial charge >= 0.3 is 16.5 Å². The molecule has 3 aromatic heterocycles. The van der Waals surface area contributed by atoms with Crippen LogP contribution in [0.3, 0.4) is 0 Å². The van der Waals surface area contributed by atoms with Crippen LogP contribution in [0.25, 0.3) is 90.4 Å². The van der Waals surface area contributed by atoms with Gasteiger partial charge in [0.15, 0.2) is 0 Å². The van der Waals surface area contributed by atoms with E-state index in [1.165, 1.54) is 5.57 Å². The number of rotatable bonds is 5. The number of fused-ring (bicyclic) bond motifs is 8. The van der Waals surface area contributed by atoms with Gasteiger partial charge < -0.3 is 9.97 Å². The first-order valence-electron chi connectivity index (χ1n) is 17.4. The predicted octanol–water partition coefficient (Wildman–Crippen LogP) is 11.6. The van der Waals surface area contributed by atoms with Gasteiger partial charge in [0.05, 0.1) is 22.8 Å². The standard InChI is InChI=1S/C47H34N4.Ni/c1-30(2)35-29-42-45(33-19-11-5-12-20-33)40-26-25-38(49-40)43(31-15-7-3-8-16-31)36-23-24-37(48-36)44(32-17-9-4-10-18-32)39-27-28-41(50-39)46(47(35)51-42)34-21-13-6-14-22-34;/h3-30H,1-2H3;/q-2;+2. The second-order valence-corrected chi connectivity index (χ2v) is 13.2. The third-order valence-electron chi connectivity index (χ3n) is 9.62. The van der Waals surface area contributed by atoms with Crippen molar-refractivity contribution in [1.29, 1.82) is 0 Å². The number of benzene rings is 4. The van der Waals surface area contributed by atoms with Crippen molar-refractivity contribution >= 4 is 45.9 Å². The molecule has 7 aromatic rings. The van der Waals surface area contributed by atoms with Crippen LogP contribution in [0.15, 0.2) is 146 Å². The molecule has 0 aliphatic carbocycles. The Balaban J connectivity index is 0.00000387. The summed E-state index contributed by atoms with van der Waals surface area (Å²) in [4.78, 5) is 21.7. The first-order chi connectivity index (χ1) is 25.1. The predicted molar refractivity (Wildman–Crippen MR) is 212 cm³/mol. The molecule has 4 nitrogen and oxygen atoms in total. The Kier molecular flexibility index (Phi) is 8.89. The molecule has 0 spiro atoms. The van der Waals surface area contributed by atoms with Crippen molar-refractivity contribution in [2.45, 2.75) is 13.8 Å². The van der Waals surface area contributed by atoms with E-state index < -0.39 is 0 Å². The second-order valence-electron chi connectivity index (χ2n) is 13.2. The summed E-state index contributed by atoms with van der Waals surface area (Å²) in [6.45, 7) is 4.47. The number of nitrogens with zero attached hydrogens (tertiary/aromatic N) is 4. The summed E-state index contributed by atoms with van der Waals surface area (Å²) in [5.41, 5.74) is 16.4. The largest absolute Gasteiger partial charge is 2.00 e. The normalized spacial score (nSPS) is 12.1. The number of hydrogen-bond donors (Lipinski definition) is 0. The smallest absolute Gasteiger partial charge is 0.657 e. The molecule has 4 aromatic carbocycles. The molecule has 2 aliphatic heterocycles. The van der Waals surface area contributed by atoms with Crippen molar-refractivity contribution in [3.8, 4) is 44.5 Å². The minimum Gasteiger partial charge on any atom is -0.657 e. The Morgan fingerprint density at radius 3 is 1.13 bits per heavy atom. The van der Waals surface area contributed by atoms with Crippen LogP contribution in [0.4, 0.5) is 0 Å². The molecule has 0 amide bonds. The zero-order valence-corrected chi connectivity index (χ0v) is 29.8. The molecule has 2 aliphatic rings. The van der Waals surface area contributed by atoms with Gasteiger partial charge in [-0.05, 0) is 74.2 Å². The molecule has 8 bridgehead atoms. The van der Waals surface area contributed by atoms with Crippen molar-refractivity contribution in [3.63, 3.8) is 0 Å². The summed E-state index contributed by atoms with van der Waals surface area (Å²) in [5.74, 6) is 0.216. The van der Waals surface area contributed by atoms with Crippen LogP contribution in [0.2, 0.25) is 0 Å². The number of aromatic nitrogens is 4. The van der Waals surface area contributed by atoms with E-state index in [9.17, 15) is 0 Å². The maximum absolute atomic E-state index is 5.53. The maximum atomic E-state index is 5.53. The van der Waals surface area contributed by atoms with Crippen LogP contribution < -0.4 is 9.97 Å². The van der Waals surface area contributed by atoms with E-state index in [1.54, 1.807) is 0 Å². The van der Waals surface area contributed by atoms with E-state index in [2.05, 4.69) is 159 Å². The zero-order valence-electron chi connectivity index (χ0n) is 28.8. The van der Waals surface area contributed by atoms with Gasteiger partial charge in [0, 0.05) is 0 Å². The van der Waals surface area contributed by atoms with E-state index in [-0.39, 0.29) is 22.4 Å². The van der Waals surface area contributed by atoms with Crippen molar-refractivity contribution in [2.24, 2.45) is 5.92 Å². The second kappa shape index (κ2) is 13.9. The monoisotopic (exact) mass is 712 g/mol. The molecule has 52 heavy (non-hydrogen) atoms. The summed E-state index contributed by atoms with van der Waals surface area (Å²) in [5, 5.41) is 0. The summed E-state index contributed by atoms with van der Waals surface area (Å²) in [7, 11) is 0. The molecule has 252 valence electrons. The van der Waals surface area contributed by atoms with Crippen LogP contribution in [-0.2, 0) is 16.5 Å². The quantitative estimate of drug-likeness (QED) is 0.167. The summed E-state index contributed by atoms with van der Waals surface area (Å²) < 4.78 is 0. The van der Waals surface area contributed by atoms with Crippen molar-refractivity contribution < 1.29 is 16.5 Å². The topological polar surface area (TPSA) is 54.0 Å². The van der Waals surface area contributed by atoms with Gasteiger partial charge in [-0.15, -0.1) is 22.1 Å². The van der Waals surface area contributed by atoms with E-state index in [0.29, 0.717) is 0 Å². The Morgan fingerprint density at radius 2 is 0.750 bits per heavy atom. The van der Waals surface area contributed by atoms with E-state index in [4.69, 9.17) is 19.9 Å². The Hall–Kier alpha value is -6.03. The fourth-order valence-corrected chi connectivity index (χ4v) is 7.23. The minimum absolute atomic E-state index is 0. The van der Waals surface area contributed by atoms with E-state index >= 15 is 0 Å². The average molecular weight is 714 g/mol. The van der Waals surface area contributed by atoms with Crippen molar-refractivity contribution in [1.82, 2.24) is 19.9 Å². The molecule has 0 radical (unpaired) electrons. The SMILES string of the molecule is CC(C)C1=Cc2nc1c(-c1ccccc1)c1ccc([n-]1)c(-c1ccccc1)c1nc(c(-c3ccccc3)c3ccc([n-]3)c2-c2ccccc2)C=C1.[Ni+2]. The molecule has 9 rings (SSSR count). The van der Waals surface area contributed by atoms with Crippen molar-refractivity contribution in [2.75, 3.05) is 0 Å². The Morgan fingerprint density at radius 1 is 0.404 bits per heavy atom. The molecule has 0 saturated carbocycles. The molecule has 0 atom stereocenters. The molecular formula is C47H34N4Ni. The molecule has 0 fully saturated rings. The fraction of sp³-hybridized carbons (Fsp3) is 0.0638. The van der Waals surface area contributed by atoms with Crippen LogP contribution >= 0.6 is 0 Å². The third-order valence-corrected chi connectivity index (χ3v) is 9.62. The van der Waals surface area contributed by atoms with Gasteiger partial charge in [0.25, 0.3) is 0 Å². The van der Waals surface area contributed by atoms with Crippen molar-refractivity contribution in [3.05, 3.63) is 168 Å². The molecule has 0 N–H and O–H groups in total. The van der Waals surface area contributed by atoms with E-state index in [1.807, 2.05) is 18.2 Å². The van der Waals surface area contributed by atoms with Crippen LogP contribution in [-0.4, -0.2) is 9.97 Å².